The fourth-order valence-electron chi connectivity index (χ4n) is 2.85. The Morgan fingerprint density at radius 2 is 2.10 bits per heavy atom. The van der Waals surface area contributed by atoms with Gasteiger partial charge in [-0.25, -0.2) is 0 Å². The number of likely N-dealkylation sites (tertiary alicyclic amines) is 1. The Labute approximate surface area is 128 Å². The van der Waals surface area contributed by atoms with Crippen LogP contribution >= 0.6 is 22.7 Å². The monoisotopic (exact) mass is 305 g/mol. The summed E-state index contributed by atoms with van der Waals surface area (Å²) < 4.78 is 0. The van der Waals surface area contributed by atoms with Gasteiger partial charge in [0.1, 0.15) is 0 Å². The van der Waals surface area contributed by atoms with Gasteiger partial charge in [-0.15, -0.1) is 22.7 Å². The van der Waals surface area contributed by atoms with E-state index < -0.39 is 0 Å². The second-order valence-electron chi connectivity index (χ2n) is 5.19. The largest absolute Gasteiger partial charge is 0.335 e. The third-order valence-electron chi connectivity index (χ3n) is 3.84. The molecule has 0 radical (unpaired) electrons. The second-order valence-corrected chi connectivity index (χ2v) is 7.21. The van der Waals surface area contributed by atoms with Gasteiger partial charge in [0.2, 0.25) is 5.91 Å². The van der Waals surface area contributed by atoms with Crippen molar-refractivity contribution in [3.8, 4) is 0 Å². The normalized spacial score (nSPS) is 18.6. The Bertz CT molecular complexity index is 533. The number of thiophene rings is 2. The van der Waals surface area contributed by atoms with E-state index in [1.54, 1.807) is 22.7 Å². The van der Waals surface area contributed by atoms with Crippen LogP contribution in [0, 0.1) is 0 Å². The first-order valence-corrected chi connectivity index (χ1v) is 8.96. The summed E-state index contributed by atoms with van der Waals surface area (Å²) in [5.41, 5.74) is 0. The zero-order valence-corrected chi connectivity index (χ0v) is 13.1. The maximum absolute atomic E-state index is 12.4. The molecule has 0 N–H and O–H groups in total. The van der Waals surface area contributed by atoms with Gasteiger partial charge in [0, 0.05) is 22.7 Å². The summed E-state index contributed by atoms with van der Waals surface area (Å²) in [5.74, 6) is 0.331. The number of carbonyl (C=O) groups is 1. The lowest BCUT2D eigenvalue weighted by Crippen LogP contribution is -2.29. The van der Waals surface area contributed by atoms with Gasteiger partial charge < -0.3 is 4.90 Å². The molecule has 0 saturated carbocycles. The predicted molar refractivity (Wildman–Crippen MR) is 85.3 cm³/mol. The molecule has 1 aliphatic heterocycles. The Morgan fingerprint density at radius 1 is 1.25 bits per heavy atom. The summed E-state index contributed by atoms with van der Waals surface area (Å²) in [6.07, 6.45) is 4.93. The van der Waals surface area contributed by atoms with Crippen molar-refractivity contribution in [3.05, 3.63) is 44.8 Å². The summed E-state index contributed by atoms with van der Waals surface area (Å²) >= 11 is 3.55. The van der Waals surface area contributed by atoms with E-state index in [2.05, 4.69) is 39.9 Å². The van der Waals surface area contributed by atoms with E-state index in [0.717, 1.165) is 32.2 Å². The van der Waals surface area contributed by atoms with E-state index >= 15 is 0 Å². The molecule has 1 aliphatic rings. The van der Waals surface area contributed by atoms with Crippen molar-refractivity contribution in [1.82, 2.24) is 4.90 Å². The molecular formula is C16H19NOS2. The zero-order valence-electron chi connectivity index (χ0n) is 11.5. The van der Waals surface area contributed by atoms with E-state index in [1.165, 1.54) is 9.75 Å². The van der Waals surface area contributed by atoms with Crippen LogP contribution in [0.3, 0.4) is 0 Å². The minimum atomic E-state index is 0.331. The second kappa shape index (κ2) is 6.55. The van der Waals surface area contributed by atoms with Gasteiger partial charge in [0.15, 0.2) is 0 Å². The molecule has 1 amide bonds. The maximum atomic E-state index is 12.4. The molecule has 1 fully saturated rings. The minimum Gasteiger partial charge on any atom is -0.335 e. The molecule has 106 valence electrons. The van der Waals surface area contributed by atoms with Gasteiger partial charge in [0.25, 0.3) is 0 Å². The van der Waals surface area contributed by atoms with E-state index in [1.807, 2.05) is 0 Å². The number of hydrogen-bond acceptors (Lipinski definition) is 3. The van der Waals surface area contributed by atoms with E-state index in [4.69, 9.17) is 0 Å². The highest BCUT2D eigenvalue weighted by Gasteiger charge is 2.29. The summed E-state index contributed by atoms with van der Waals surface area (Å²) in [6.45, 7) is 0.931. The van der Waals surface area contributed by atoms with Gasteiger partial charge in [-0.2, -0.15) is 0 Å². The molecule has 0 spiro atoms. The number of aryl methyl sites for hydroxylation is 1. The summed E-state index contributed by atoms with van der Waals surface area (Å²) in [5, 5.41) is 4.21. The molecule has 2 aromatic heterocycles. The lowest BCUT2D eigenvalue weighted by atomic mass is 10.1. The molecule has 0 aromatic carbocycles. The number of nitrogens with zero attached hydrogens (tertiary/aromatic N) is 1. The maximum Gasteiger partial charge on any atom is 0.223 e. The first-order valence-electron chi connectivity index (χ1n) is 7.20. The van der Waals surface area contributed by atoms with Crippen LogP contribution < -0.4 is 0 Å². The van der Waals surface area contributed by atoms with Crippen molar-refractivity contribution >= 4 is 28.6 Å². The lowest BCUT2D eigenvalue weighted by Gasteiger charge is -2.24. The molecule has 2 nitrogen and oxygen atoms in total. The van der Waals surface area contributed by atoms with Crippen molar-refractivity contribution < 1.29 is 4.79 Å². The van der Waals surface area contributed by atoms with Gasteiger partial charge in [0.05, 0.1) is 6.04 Å². The van der Waals surface area contributed by atoms with Crippen LogP contribution in [0.1, 0.15) is 41.5 Å². The van der Waals surface area contributed by atoms with Gasteiger partial charge in [-0.05, 0) is 48.6 Å². The van der Waals surface area contributed by atoms with Gasteiger partial charge in [-0.1, -0.05) is 12.1 Å². The van der Waals surface area contributed by atoms with Crippen LogP contribution in [0.25, 0.3) is 0 Å². The Balaban J connectivity index is 1.53. The highest BCUT2D eigenvalue weighted by Crippen LogP contribution is 2.34. The Morgan fingerprint density at radius 3 is 2.85 bits per heavy atom. The smallest absolute Gasteiger partial charge is 0.223 e. The van der Waals surface area contributed by atoms with Crippen LogP contribution in [0.2, 0.25) is 0 Å². The third kappa shape index (κ3) is 3.13. The highest BCUT2D eigenvalue weighted by atomic mass is 32.1. The van der Waals surface area contributed by atoms with Crippen LogP contribution in [0.4, 0.5) is 0 Å². The molecule has 3 rings (SSSR count). The molecule has 3 heterocycles. The van der Waals surface area contributed by atoms with E-state index in [0.29, 0.717) is 18.4 Å². The first kappa shape index (κ1) is 13.8. The third-order valence-corrected chi connectivity index (χ3v) is 5.75. The van der Waals surface area contributed by atoms with Crippen LogP contribution in [-0.2, 0) is 11.2 Å². The molecule has 20 heavy (non-hydrogen) atoms. The zero-order chi connectivity index (χ0) is 13.8. The summed E-state index contributed by atoms with van der Waals surface area (Å²) in [6, 6.07) is 8.81. The van der Waals surface area contributed by atoms with Crippen molar-refractivity contribution in [3.63, 3.8) is 0 Å². The molecule has 0 bridgehead atoms. The topological polar surface area (TPSA) is 20.3 Å². The number of hydrogen-bond donors (Lipinski definition) is 0. The molecule has 1 atom stereocenters. The fourth-order valence-corrected chi connectivity index (χ4v) is 4.48. The average molecular weight is 305 g/mol. The quantitative estimate of drug-likeness (QED) is 0.796. The molecule has 1 unspecified atom stereocenters. The number of amides is 1. The Hall–Kier alpha value is -1.13. The van der Waals surface area contributed by atoms with Gasteiger partial charge >= 0.3 is 0 Å². The van der Waals surface area contributed by atoms with Crippen molar-refractivity contribution in [1.29, 1.82) is 0 Å². The van der Waals surface area contributed by atoms with Crippen molar-refractivity contribution in [2.75, 3.05) is 6.54 Å². The van der Waals surface area contributed by atoms with E-state index in [9.17, 15) is 4.79 Å². The van der Waals surface area contributed by atoms with Crippen molar-refractivity contribution in [2.24, 2.45) is 0 Å². The summed E-state index contributed by atoms with van der Waals surface area (Å²) in [4.78, 5) is 17.2. The van der Waals surface area contributed by atoms with Crippen LogP contribution in [0.15, 0.2) is 35.0 Å². The van der Waals surface area contributed by atoms with Crippen molar-refractivity contribution in [2.45, 2.75) is 38.1 Å². The predicted octanol–water partition coefficient (Wildman–Crippen LogP) is 4.50. The minimum absolute atomic E-state index is 0.331. The Kier molecular flexibility index (Phi) is 4.53. The SMILES string of the molecule is O=C(CCCc1cccs1)N1CCCC1c1cccs1. The number of rotatable bonds is 5. The molecule has 1 saturated heterocycles. The van der Waals surface area contributed by atoms with Gasteiger partial charge in [-0.3, -0.25) is 4.79 Å². The molecule has 0 aliphatic carbocycles. The molecule has 4 heteroatoms. The van der Waals surface area contributed by atoms with Crippen LogP contribution in [0.5, 0.6) is 0 Å². The number of carbonyl (C=O) groups excluding carboxylic acids is 1. The van der Waals surface area contributed by atoms with Crippen LogP contribution in [-0.4, -0.2) is 17.4 Å². The first-order chi connectivity index (χ1) is 9.84. The average Bonchev–Trinajstić information content (AvgIpc) is 3.19. The summed E-state index contributed by atoms with van der Waals surface area (Å²) in [7, 11) is 0. The molecule has 2 aromatic rings. The molecular weight excluding hydrogens is 286 g/mol. The fraction of sp³-hybridized carbons (Fsp3) is 0.438. The lowest BCUT2D eigenvalue weighted by molar-refractivity contribution is -0.132. The standard InChI is InChI=1S/C16H19NOS2/c18-16(9-1-5-13-6-3-11-19-13)17-10-2-7-14(17)15-8-4-12-20-15/h3-4,6,8,11-12,14H,1-2,5,7,9-10H2. The highest BCUT2D eigenvalue weighted by molar-refractivity contribution is 7.10. The van der Waals surface area contributed by atoms with E-state index in [-0.39, 0.29) is 0 Å².